The minimum Gasteiger partial charge on any atom is -0.455 e. The molecular formula is C27H25FN2O4S. The first-order chi connectivity index (χ1) is 16.9. The van der Waals surface area contributed by atoms with Crippen molar-refractivity contribution >= 4 is 46.6 Å². The lowest BCUT2D eigenvalue weighted by Crippen LogP contribution is -2.33. The lowest BCUT2D eigenvalue weighted by atomic mass is 10.0. The van der Waals surface area contributed by atoms with Gasteiger partial charge in [-0.25, -0.2) is 4.39 Å². The monoisotopic (exact) mass is 492 g/mol. The van der Waals surface area contributed by atoms with Gasteiger partial charge in [0.15, 0.2) is 6.61 Å². The minimum absolute atomic E-state index is 0.00840. The summed E-state index contributed by atoms with van der Waals surface area (Å²) in [6.45, 7) is 1.22. The first kappa shape index (κ1) is 24.5. The number of nitrogens with zero attached hydrogens (tertiary/aromatic N) is 1. The van der Waals surface area contributed by atoms with Crippen LogP contribution in [0.2, 0.25) is 0 Å². The third-order valence-electron chi connectivity index (χ3n) is 5.64. The fraction of sp³-hybridized carbons (Fsp3) is 0.222. The number of amides is 2. The van der Waals surface area contributed by atoms with Crippen LogP contribution in [-0.4, -0.2) is 35.4 Å². The Morgan fingerprint density at radius 3 is 2.11 bits per heavy atom. The van der Waals surface area contributed by atoms with Crippen LogP contribution in [-0.2, 0) is 32.0 Å². The van der Waals surface area contributed by atoms with Crippen molar-refractivity contribution in [1.29, 1.82) is 0 Å². The van der Waals surface area contributed by atoms with Crippen molar-refractivity contribution in [1.82, 2.24) is 0 Å². The van der Waals surface area contributed by atoms with Gasteiger partial charge >= 0.3 is 5.97 Å². The fourth-order valence-corrected chi connectivity index (χ4v) is 4.54. The van der Waals surface area contributed by atoms with Crippen molar-refractivity contribution in [3.05, 3.63) is 89.7 Å². The number of hydrogen-bond acceptors (Lipinski definition) is 5. The van der Waals surface area contributed by atoms with Gasteiger partial charge in [-0.05, 0) is 67.3 Å². The van der Waals surface area contributed by atoms with Crippen molar-refractivity contribution in [3.63, 3.8) is 0 Å². The molecule has 1 aliphatic rings. The zero-order valence-electron chi connectivity index (χ0n) is 19.2. The molecule has 1 N–H and O–H groups in total. The summed E-state index contributed by atoms with van der Waals surface area (Å²) in [7, 11) is 0. The van der Waals surface area contributed by atoms with Crippen molar-refractivity contribution in [2.45, 2.75) is 25.0 Å². The molecule has 1 aliphatic heterocycles. The Kier molecular flexibility index (Phi) is 7.82. The summed E-state index contributed by atoms with van der Waals surface area (Å²) in [5.41, 5.74) is 4.16. The molecular weight excluding hydrogens is 467 g/mol. The van der Waals surface area contributed by atoms with Gasteiger partial charge < -0.3 is 10.1 Å². The van der Waals surface area contributed by atoms with Gasteiger partial charge in [0.1, 0.15) is 11.1 Å². The summed E-state index contributed by atoms with van der Waals surface area (Å²) < 4.78 is 18.3. The van der Waals surface area contributed by atoms with E-state index in [-0.39, 0.29) is 17.6 Å². The van der Waals surface area contributed by atoms with Crippen LogP contribution >= 0.6 is 11.8 Å². The van der Waals surface area contributed by atoms with Crippen LogP contribution in [0.25, 0.3) is 0 Å². The van der Waals surface area contributed by atoms with Crippen LogP contribution in [0, 0.1) is 5.82 Å². The summed E-state index contributed by atoms with van der Waals surface area (Å²) in [4.78, 5) is 39.5. The maximum absolute atomic E-state index is 13.2. The average Bonchev–Trinajstić information content (AvgIpc) is 3.04. The predicted molar refractivity (Wildman–Crippen MR) is 135 cm³/mol. The third-order valence-corrected chi connectivity index (χ3v) is 6.76. The van der Waals surface area contributed by atoms with Gasteiger partial charge in [-0.2, -0.15) is 0 Å². The second kappa shape index (κ2) is 11.2. The van der Waals surface area contributed by atoms with Crippen LogP contribution in [0.1, 0.15) is 18.1 Å². The number of benzene rings is 3. The molecule has 0 radical (unpaired) electrons. The second-order valence-corrected chi connectivity index (χ2v) is 9.43. The molecule has 0 aliphatic carbocycles. The van der Waals surface area contributed by atoms with E-state index < -0.39 is 23.6 Å². The highest BCUT2D eigenvalue weighted by Crippen LogP contribution is 2.36. The Bertz CT molecular complexity index is 1180. The minimum atomic E-state index is -0.648. The van der Waals surface area contributed by atoms with E-state index in [1.807, 2.05) is 48.5 Å². The van der Waals surface area contributed by atoms with E-state index in [1.54, 1.807) is 11.8 Å². The van der Waals surface area contributed by atoms with Crippen molar-refractivity contribution in [2.24, 2.45) is 0 Å². The number of thioether (sulfide) groups is 1. The molecule has 2 amide bonds. The highest BCUT2D eigenvalue weighted by Gasteiger charge is 2.27. The number of halogens is 1. The predicted octanol–water partition coefficient (Wildman–Crippen LogP) is 4.89. The van der Waals surface area contributed by atoms with Crippen LogP contribution in [0.4, 0.5) is 21.5 Å². The molecule has 0 fully saturated rings. The first-order valence-electron chi connectivity index (χ1n) is 11.2. The molecule has 180 valence electrons. The normalized spacial score (nSPS) is 13.1. The number of hydrogen-bond donors (Lipinski definition) is 1. The van der Waals surface area contributed by atoms with Gasteiger partial charge in [0.2, 0.25) is 5.91 Å². The molecule has 8 heteroatoms. The van der Waals surface area contributed by atoms with Crippen LogP contribution in [0.15, 0.2) is 72.8 Å². The van der Waals surface area contributed by atoms with Crippen LogP contribution in [0.3, 0.4) is 0 Å². The lowest BCUT2D eigenvalue weighted by molar-refractivity contribution is -0.146. The quantitative estimate of drug-likeness (QED) is 0.475. The highest BCUT2D eigenvalue weighted by molar-refractivity contribution is 8.01. The number of ether oxygens (including phenoxy) is 1. The molecule has 0 aromatic heterocycles. The molecule has 1 atom stereocenters. The maximum atomic E-state index is 13.2. The smallest absolute Gasteiger partial charge is 0.319 e. The lowest BCUT2D eigenvalue weighted by Gasteiger charge is -2.25. The highest BCUT2D eigenvalue weighted by atomic mass is 32.2. The summed E-state index contributed by atoms with van der Waals surface area (Å²) >= 11 is 1.10. The number of fused-ring (bicyclic) bond motifs is 2. The average molecular weight is 493 g/mol. The third kappa shape index (κ3) is 6.08. The maximum Gasteiger partial charge on any atom is 0.319 e. The first-order valence-corrected chi connectivity index (χ1v) is 12.3. The Balaban J connectivity index is 1.34. The van der Waals surface area contributed by atoms with E-state index in [0.29, 0.717) is 5.69 Å². The summed E-state index contributed by atoms with van der Waals surface area (Å²) in [6, 6.07) is 20.9. The number of carbonyl (C=O) groups is 3. The molecule has 1 unspecified atom stereocenters. The number of rotatable bonds is 7. The zero-order chi connectivity index (χ0) is 24.8. The van der Waals surface area contributed by atoms with Gasteiger partial charge in [-0.15, -0.1) is 11.8 Å². The Morgan fingerprint density at radius 2 is 1.51 bits per heavy atom. The number of para-hydroxylation sites is 2. The largest absolute Gasteiger partial charge is 0.455 e. The van der Waals surface area contributed by atoms with E-state index in [0.717, 1.165) is 47.1 Å². The van der Waals surface area contributed by atoms with E-state index in [2.05, 4.69) is 5.32 Å². The van der Waals surface area contributed by atoms with Gasteiger partial charge in [0.05, 0.1) is 17.1 Å². The molecule has 3 aromatic rings. The van der Waals surface area contributed by atoms with Crippen LogP contribution < -0.4 is 10.2 Å². The second-order valence-electron chi connectivity index (χ2n) is 8.10. The molecule has 0 saturated carbocycles. The molecule has 1 heterocycles. The van der Waals surface area contributed by atoms with Crippen molar-refractivity contribution < 1.29 is 23.5 Å². The molecule has 3 aromatic carbocycles. The van der Waals surface area contributed by atoms with Crippen molar-refractivity contribution in [2.75, 3.05) is 22.6 Å². The van der Waals surface area contributed by atoms with E-state index in [1.165, 1.54) is 24.3 Å². The molecule has 35 heavy (non-hydrogen) atoms. The molecule has 0 bridgehead atoms. The van der Waals surface area contributed by atoms with E-state index in [4.69, 9.17) is 4.74 Å². The van der Waals surface area contributed by atoms with Gasteiger partial charge in [-0.1, -0.05) is 36.4 Å². The molecule has 0 spiro atoms. The fourth-order valence-electron chi connectivity index (χ4n) is 3.86. The Morgan fingerprint density at radius 1 is 0.943 bits per heavy atom. The number of carbonyl (C=O) groups excluding carboxylic acids is 3. The summed E-state index contributed by atoms with van der Waals surface area (Å²) in [5.74, 6) is -1.62. The molecule has 4 rings (SSSR count). The van der Waals surface area contributed by atoms with Crippen molar-refractivity contribution in [3.8, 4) is 0 Å². The van der Waals surface area contributed by atoms with E-state index in [9.17, 15) is 18.8 Å². The topological polar surface area (TPSA) is 75.7 Å². The Labute approximate surface area is 207 Å². The number of esters is 1. The SMILES string of the molecule is CC(SCC(=O)Nc1ccc(F)cc1)C(=O)OCC(=O)N1c2ccccc2CCc2ccccc21. The number of anilines is 3. The Hall–Kier alpha value is -3.65. The molecule has 0 saturated heterocycles. The van der Waals surface area contributed by atoms with Crippen LogP contribution in [0.5, 0.6) is 0 Å². The van der Waals surface area contributed by atoms with Gasteiger partial charge in [0.25, 0.3) is 5.91 Å². The zero-order valence-corrected chi connectivity index (χ0v) is 20.0. The van der Waals surface area contributed by atoms with Gasteiger partial charge in [-0.3, -0.25) is 19.3 Å². The summed E-state index contributed by atoms with van der Waals surface area (Å²) in [5, 5.41) is 1.99. The van der Waals surface area contributed by atoms with E-state index >= 15 is 0 Å². The number of aryl methyl sites for hydroxylation is 2. The standard InChI is InChI=1S/C27H25FN2O4S/c1-18(35-17-25(31)29-22-14-12-21(28)13-15-22)27(33)34-16-26(32)30-23-8-4-2-6-19(23)10-11-20-7-3-5-9-24(20)30/h2-9,12-15,18H,10-11,16-17H2,1H3,(H,29,31). The number of nitrogens with one attached hydrogen (secondary N) is 1. The summed E-state index contributed by atoms with van der Waals surface area (Å²) in [6.07, 6.45) is 1.62. The molecule has 6 nitrogen and oxygen atoms in total. The van der Waals surface area contributed by atoms with Gasteiger partial charge in [0, 0.05) is 5.69 Å².